The van der Waals surface area contributed by atoms with E-state index in [0.29, 0.717) is 11.4 Å². The van der Waals surface area contributed by atoms with E-state index >= 15 is 0 Å². The summed E-state index contributed by atoms with van der Waals surface area (Å²) in [6, 6.07) is 16.1. The predicted octanol–water partition coefficient (Wildman–Crippen LogP) is 2.78. The van der Waals surface area contributed by atoms with E-state index in [9.17, 15) is 8.42 Å². The monoisotopic (exact) mass is 279 g/mol. The van der Waals surface area contributed by atoms with Crippen molar-refractivity contribution in [1.82, 2.24) is 0 Å². The van der Waals surface area contributed by atoms with E-state index in [-0.39, 0.29) is 0 Å². The van der Waals surface area contributed by atoms with Crippen LogP contribution in [-0.4, -0.2) is 14.7 Å². The highest BCUT2D eigenvalue weighted by molar-refractivity contribution is 7.86. The molecule has 19 heavy (non-hydrogen) atoms. The summed E-state index contributed by atoms with van der Waals surface area (Å²) in [5.74, 6) is 1.38. The standard InChI is InChI=1S/C13H13NO4S/c1-19(15,16)18-14-11-7-9-13(10-8-11)17-12-5-3-2-4-6-12/h2-10,14H,1H3. The van der Waals surface area contributed by atoms with Crippen molar-refractivity contribution >= 4 is 15.8 Å². The van der Waals surface area contributed by atoms with Crippen LogP contribution >= 0.6 is 0 Å². The molecule has 0 aliphatic carbocycles. The molecule has 0 atom stereocenters. The summed E-state index contributed by atoms with van der Waals surface area (Å²) in [6.07, 6.45) is 0.965. The Morgan fingerprint density at radius 3 is 2.05 bits per heavy atom. The summed E-state index contributed by atoms with van der Waals surface area (Å²) in [5.41, 5.74) is 2.85. The minimum atomic E-state index is -3.52. The van der Waals surface area contributed by atoms with Crippen LogP contribution in [0.1, 0.15) is 0 Å². The highest BCUT2D eigenvalue weighted by Crippen LogP contribution is 2.22. The third-order valence-electron chi connectivity index (χ3n) is 2.14. The van der Waals surface area contributed by atoms with Crippen LogP contribution in [0.25, 0.3) is 0 Å². The number of anilines is 1. The Hall–Kier alpha value is -2.05. The summed E-state index contributed by atoms with van der Waals surface area (Å²) in [7, 11) is -3.52. The first kappa shape index (κ1) is 13.4. The molecule has 0 saturated heterocycles. The van der Waals surface area contributed by atoms with Crippen LogP contribution in [0.5, 0.6) is 11.5 Å². The average molecular weight is 279 g/mol. The largest absolute Gasteiger partial charge is 0.457 e. The van der Waals surface area contributed by atoms with Gasteiger partial charge in [-0.25, -0.2) is 5.48 Å². The van der Waals surface area contributed by atoms with E-state index < -0.39 is 10.1 Å². The van der Waals surface area contributed by atoms with E-state index in [1.807, 2.05) is 30.3 Å². The molecule has 0 aromatic heterocycles. The summed E-state index contributed by atoms with van der Waals surface area (Å²) in [6.45, 7) is 0. The second-order valence-corrected chi connectivity index (χ2v) is 5.40. The molecule has 2 aromatic rings. The molecule has 2 rings (SSSR count). The Morgan fingerprint density at radius 2 is 1.47 bits per heavy atom. The van der Waals surface area contributed by atoms with Gasteiger partial charge < -0.3 is 4.74 Å². The van der Waals surface area contributed by atoms with Crippen LogP contribution in [0.2, 0.25) is 0 Å². The Bertz CT molecular complexity index is 623. The molecule has 0 aliphatic rings. The predicted molar refractivity (Wildman–Crippen MR) is 72.5 cm³/mol. The van der Waals surface area contributed by atoms with Gasteiger partial charge in [0, 0.05) is 0 Å². The van der Waals surface area contributed by atoms with E-state index in [1.54, 1.807) is 24.3 Å². The van der Waals surface area contributed by atoms with E-state index in [1.165, 1.54) is 0 Å². The van der Waals surface area contributed by atoms with Gasteiger partial charge in [0.2, 0.25) is 0 Å². The molecule has 0 aliphatic heterocycles. The molecule has 100 valence electrons. The number of ether oxygens (including phenoxy) is 1. The summed E-state index contributed by atoms with van der Waals surface area (Å²) in [5, 5.41) is 0. The van der Waals surface area contributed by atoms with Gasteiger partial charge in [0.25, 0.3) is 10.1 Å². The van der Waals surface area contributed by atoms with E-state index in [0.717, 1.165) is 12.0 Å². The van der Waals surface area contributed by atoms with E-state index in [2.05, 4.69) is 9.76 Å². The Morgan fingerprint density at radius 1 is 0.895 bits per heavy atom. The molecule has 0 amide bonds. The zero-order chi connectivity index (χ0) is 13.7. The van der Waals surface area contributed by atoms with Crippen LogP contribution in [-0.2, 0) is 14.4 Å². The zero-order valence-corrected chi connectivity index (χ0v) is 11.1. The topological polar surface area (TPSA) is 64.6 Å². The zero-order valence-electron chi connectivity index (χ0n) is 10.2. The lowest BCUT2D eigenvalue weighted by Crippen LogP contribution is -2.08. The molecule has 0 heterocycles. The molecular weight excluding hydrogens is 266 g/mol. The van der Waals surface area contributed by atoms with Gasteiger partial charge in [-0.15, -0.1) is 0 Å². The van der Waals surface area contributed by atoms with Crippen LogP contribution in [0.4, 0.5) is 5.69 Å². The maximum absolute atomic E-state index is 10.8. The first-order chi connectivity index (χ1) is 9.03. The third kappa shape index (κ3) is 4.61. The normalized spacial score (nSPS) is 11.0. The van der Waals surface area contributed by atoms with Crippen molar-refractivity contribution in [2.75, 3.05) is 11.7 Å². The summed E-state index contributed by atoms with van der Waals surface area (Å²) >= 11 is 0. The summed E-state index contributed by atoms with van der Waals surface area (Å²) < 4.78 is 31.7. The fourth-order valence-corrected chi connectivity index (χ4v) is 1.59. The smallest absolute Gasteiger partial charge is 0.284 e. The van der Waals surface area contributed by atoms with Gasteiger partial charge in [-0.2, -0.15) is 12.7 Å². The van der Waals surface area contributed by atoms with Crippen molar-refractivity contribution in [3.63, 3.8) is 0 Å². The number of para-hydroxylation sites is 1. The van der Waals surface area contributed by atoms with Crippen molar-refractivity contribution in [2.24, 2.45) is 0 Å². The molecule has 1 N–H and O–H groups in total. The molecule has 0 unspecified atom stereocenters. The fraction of sp³-hybridized carbons (Fsp3) is 0.0769. The fourth-order valence-electron chi connectivity index (χ4n) is 1.34. The number of hydrogen-bond acceptors (Lipinski definition) is 5. The second kappa shape index (κ2) is 5.73. The van der Waals surface area contributed by atoms with Gasteiger partial charge in [0.05, 0.1) is 11.9 Å². The van der Waals surface area contributed by atoms with Crippen molar-refractivity contribution in [3.8, 4) is 11.5 Å². The van der Waals surface area contributed by atoms with Gasteiger partial charge in [-0.3, -0.25) is 0 Å². The first-order valence-corrected chi connectivity index (χ1v) is 7.32. The molecule has 0 spiro atoms. The number of nitrogens with one attached hydrogen (secondary N) is 1. The number of hydrogen-bond donors (Lipinski definition) is 1. The summed E-state index contributed by atoms with van der Waals surface area (Å²) in [4.78, 5) is 0. The maximum Gasteiger partial charge on any atom is 0.284 e. The highest BCUT2D eigenvalue weighted by atomic mass is 32.2. The number of benzene rings is 2. The Labute approximate surface area is 111 Å². The van der Waals surface area contributed by atoms with Crippen molar-refractivity contribution in [1.29, 1.82) is 0 Å². The lowest BCUT2D eigenvalue weighted by atomic mass is 10.3. The highest BCUT2D eigenvalue weighted by Gasteiger charge is 2.02. The lowest BCUT2D eigenvalue weighted by molar-refractivity contribution is 0.396. The molecule has 0 fully saturated rings. The third-order valence-corrected chi connectivity index (χ3v) is 2.53. The van der Waals surface area contributed by atoms with Gasteiger partial charge in [-0.1, -0.05) is 18.2 Å². The van der Waals surface area contributed by atoms with Crippen LogP contribution in [0.15, 0.2) is 54.6 Å². The number of rotatable bonds is 5. The maximum atomic E-state index is 10.8. The van der Waals surface area contributed by atoms with Crippen molar-refractivity contribution < 1.29 is 17.4 Å². The Balaban J connectivity index is 1.99. The van der Waals surface area contributed by atoms with Crippen LogP contribution < -0.4 is 10.2 Å². The van der Waals surface area contributed by atoms with Crippen molar-refractivity contribution in [3.05, 3.63) is 54.6 Å². The van der Waals surface area contributed by atoms with Gasteiger partial charge >= 0.3 is 0 Å². The Kier molecular flexibility index (Phi) is 4.03. The average Bonchev–Trinajstić information content (AvgIpc) is 2.38. The minimum Gasteiger partial charge on any atom is -0.457 e. The molecular formula is C13H13NO4S. The molecule has 6 heteroatoms. The minimum absolute atomic E-state index is 0.519. The van der Waals surface area contributed by atoms with Crippen LogP contribution in [0, 0.1) is 0 Å². The lowest BCUT2D eigenvalue weighted by Gasteiger charge is -2.07. The van der Waals surface area contributed by atoms with E-state index in [4.69, 9.17) is 4.74 Å². The molecule has 5 nitrogen and oxygen atoms in total. The first-order valence-electron chi connectivity index (χ1n) is 5.50. The second-order valence-electron chi connectivity index (χ2n) is 3.83. The van der Waals surface area contributed by atoms with Crippen LogP contribution in [0.3, 0.4) is 0 Å². The quantitative estimate of drug-likeness (QED) is 0.853. The SMILES string of the molecule is CS(=O)(=O)ONc1ccc(Oc2ccccc2)cc1. The van der Waals surface area contributed by atoms with Gasteiger partial charge in [0.1, 0.15) is 11.5 Å². The molecule has 0 saturated carbocycles. The van der Waals surface area contributed by atoms with Gasteiger partial charge in [-0.05, 0) is 36.4 Å². The van der Waals surface area contributed by atoms with Crippen molar-refractivity contribution in [2.45, 2.75) is 0 Å². The molecule has 0 bridgehead atoms. The molecule has 2 aromatic carbocycles. The molecule has 0 radical (unpaired) electrons. The van der Waals surface area contributed by atoms with Gasteiger partial charge in [0.15, 0.2) is 0 Å².